The van der Waals surface area contributed by atoms with E-state index in [1.807, 2.05) is 0 Å². The number of carbonyl (C=O) groups excluding carboxylic acids is 1. The fourth-order valence-corrected chi connectivity index (χ4v) is 4.01. The lowest BCUT2D eigenvalue weighted by atomic mass is 9.85. The molecule has 0 saturated heterocycles. The lowest BCUT2D eigenvalue weighted by Crippen LogP contribution is -2.29. The zero-order valence-corrected chi connectivity index (χ0v) is 16.6. The van der Waals surface area contributed by atoms with E-state index in [1.165, 1.54) is 7.11 Å². The molecular weight excluding hydrogens is 419 g/mol. The van der Waals surface area contributed by atoms with Crippen molar-refractivity contribution in [3.63, 3.8) is 0 Å². The van der Waals surface area contributed by atoms with Gasteiger partial charge in [0.25, 0.3) is 0 Å². The Bertz CT molecular complexity index is 1170. The van der Waals surface area contributed by atoms with Crippen molar-refractivity contribution in [3.8, 4) is 11.5 Å². The van der Waals surface area contributed by atoms with Crippen LogP contribution in [0.2, 0.25) is 5.02 Å². The molecule has 0 aliphatic carbocycles. The fraction of sp³-hybridized carbons (Fsp3) is 0.136. The van der Waals surface area contributed by atoms with Gasteiger partial charge in [0.15, 0.2) is 11.6 Å². The standard InChI is InChI=1S/C22H15ClF3NO3/c1-27-15-6-4-3-5-11(15)17(12-7-10-16(29-2)18(23)20(12)27)22(28)30-21-14(25)9-8-13(24)19(21)26/h3-10,17H,1-2H3. The number of hydrogen-bond acceptors (Lipinski definition) is 4. The second-order valence-corrected chi connectivity index (χ2v) is 7.04. The molecule has 1 heterocycles. The molecule has 1 atom stereocenters. The average molecular weight is 434 g/mol. The highest BCUT2D eigenvalue weighted by Gasteiger charge is 2.37. The molecule has 0 spiro atoms. The summed E-state index contributed by atoms with van der Waals surface area (Å²) in [5.74, 6) is -6.78. The van der Waals surface area contributed by atoms with E-state index >= 15 is 0 Å². The zero-order chi connectivity index (χ0) is 21.6. The first-order chi connectivity index (χ1) is 14.3. The van der Waals surface area contributed by atoms with Gasteiger partial charge in [-0.2, -0.15) is 4.39 Å². The smallest absolute Gasteiger partial charge is 0.323 e. The van der Waals surface area contributed by atoms with Crippen LogP contribution in [-0.4, -0.2) is 20.1 Å². The number of ether oxygens (including phenoxy) is 2. The number of carbonyl (C=O) groups is 1. The molecule has 1 aliphatic heterocycles. The Hall–Kier alpha value is -3.19. The van der Waals surface area contributed by atoms with Crippen molar-refractivity contribution in [2.45, 2.75) is 5.92 Å². The molecular formula is C22H15ClF3NO3. The molecule has 8 heteroatoms. The molecule has 30 heavy (non-hydrogen) atoms. The summed E-state index contributed by atoms with van der Waals surface area (Å²) in [6.45, 7) is 0. The van der Waals surface area contributed by atoms with Gasteiger partial charge in [-0.3, -0.25) is 4.79 Å². The molecule has 0 saturated carbocycles. The Morgan fingerprint density at radius 3 is 2.43 bits per heavy atom. The minimum Gasteiger partial charge on any atom is -0.495 e. The van der Waals surface area contributed by atoms with E-state index in [9.17, 15) is 18.0 Å². The molecule has 1 unspecified atom stereocenters. The van der Waals surface area contributed by atoms with Crippen LogP contribution in [0.1, 0.15) is 17.0 Å². The summed E-state index contributed by atoms with van der Waals surface area (Å²) in [5.41, 5.74) is 2.17. The van der Waals surface area contributed by atoms with Gasteiger partial charge in [-0.15, -0.1) is 0 Å². The van der Waals surface area contributed by atoms with Gasteiger partial charge in [0.1, 0.15) is 16.7 Å². The predicted molar refractivity (Wildman–Crippen MR) is 106 cm³/mol. The Morgan fingerprint density at radius 1 is 1.00 bits per heavy atom. The van der Waals surface area contributed by atoms with Gasteiger partial charge in [0.05, 0.1) is 12.8 Å². The van der Waals surface area contributed by atoms with E-state index < -0.39 is 35.1 Å². The fourth-order valence-electron chi connectivity index (χ4n) is 3.63. The Kier molecular flexibility index (Phi) is 5.07. The normalized spacial score (nSPS) is 14.7. The number of hydrogen-bond donors (Lipinski definition) is 0. The highest BCUT2D eigenvalue weighted by atomic mass is 35.5. The van der Waals surface area contributed by atoms with Crippen LogP contribution < -0.4 is 14.4 Å². The number of benzene rings is 3. The molecule has 0 aromatic heterocycles. The number of halogens is 4. The van der Waals surface area contributed by atoms with Crippen molar-refractivity contribution in [2.75, 3.05) is 19.1 Å². The molecule has 0 bridgehead atoms. The first-order valence-corrected chi connectivity index (χ1v) is 9.27. The highest BCUT2D eigenvalue weighted by molar-refractivity contribution is 6.35. The van der Waals surface area contributed by atoms with Crippen LogP contribution in [0, 0.1) is 17.5 Å². The van der Waals surface area contributed by atoms with Crippen LogP contribution in [-0.2, 0) is 4.79 Å². The van der Waals surface area contributed by atoms with Crippen molar-refractivity contribution in [1.82, 2.24) is 0 Å². The van der Waals surface area contributed by atoms with E-state index in [0.29, 0.717) is 40.4 Å². The Balaban J connectivity index is 1.87. The maximum absolute atomic E-state index is 14.1. The van der Waals surface area contributed by atoms with Crippen LogP contribution in [0.25, 0.3) is 0 Å². The molecule has 0 amide bonds. The van der Waals surface area contributed by atoms with Crippen molar-refractivity contribution < 1.29 is 27.4 Å². The molecule has 4 nitrogen and oxygen atoms in total. The van der Waals surface area contributed by atoms with E-state index in [4.69, 9.17) is 21.1 Å². The predicted octanol–water partition coefficient (Wildman–Crippen LogP) is 5.58. The maximum atomic E-state index is 14.1. The Labute approximate surface area is 175 Å². The van der Waals surface area contributed by atoms with Crippen molar-refractivity contribution >= 4 is 28.9 Å². The van der Waals surface area contributed by atoms with Crippen LogP contribution in [0.5, 0.6) is 11.5 Å². The molecule has 0 radical (unpaired) electrons. The van der Waals surface area contributed by atoms with Gasteiger partial charge in [0.2, 0.25) is 11.6 Å². The van der Waals surface area contributed by atoms with Gasteiger partial charge in [-0.25, -0.2) is 8.78 Å². The summed E-state index contributed by atoms with van der Waals surface area (Å²) in [4.78, 5) is 14.9. The van der Waals surface area contributed by atoms with Crippen LogP contribution in [0.3, 0.4) is 0 Å². The molecule has 0 N–H and O–H groups in total. The number of anilines is 2. The number of rotatable bonds is 3. The van der Waals surface area contributed by atoms with Crippen molar-refractivity contribution in [2.24, 2.45) is 0 Å². The second-order valence-electron chi connectivity index (χ2n) is 6.66. The minimum absolute atomic E-state index is 0.271. The topological polar surface area (TPSA) is 38.8 Å². The van der Waals surface area contributed by atoms with Gasteiger partial charge in [-0.05, 0) is 35.4 Å². The number of fused-ring (bicyclic) bond motifs is 2. The summed E-state index contributed by atoms with van der Waals surface area (Å²) in [5, 5.41) is 0.271. The molecule has 4 rings (SSSR count). The first kappa shape index (κ1) is 20.1. The largest absolute Gasteiger partial charge is 0.495 e. The SMILES string of the molecule is COc1ccc2c(c1Cl)N(C)c1ccccc1C2C(=O)Oc1c(F)ccc(F)c1F. The van der Waals surface area contributed by atoms with Crippen molar-refractivity contribution in [1.29, 1.82) is 0 Å². The number of methoxy groups -OCH3 is 1. The molecule has 0 fully saturated rings. The monoisotopic (exact) mass is 433 g/mol. The van der Waals surface area contributed by atoms with E-state index in [2.05, 4.69) is 0 Å². The third kappa shape index (κ3) is 3.06. The highest BCUT2D eigenvalue weighted by Crippen LogP contribution is 2.50. The average Bonchev–Trinajstić information content (AvgIpc) is 2.74. The molecule has 1 aliphatic rings. The summed E-state index contributed by atoms with van der Waals surface area (Å²) < 4.78 is 51.9. The minimum atomic E-state index is -1.57. The van der Waals surface area contributed by atoms with Gasteiger partial charge in [0, 0.05) is 12.7 Å². The van der Waals surface area contributed by atoms with Crippen LogP contribution in [0.15, 0.2) is 48.5 Å². The molecule has 3 aromatic rings. The number of nitrogens with zero attached hydrogens (tertiary/aromatic N) is 1. The van der Waals surface area contributed by atoms with Gasteiger partial charge < -0.3 is 14.4 Å². The Morgan fingerprint density at radius 2 is 1.70 bits per heavy atom. The lowest BCUT2D eigenvalue weighted by molar-refractivity contribution is -0.135. The van der Waals surface area contributed by atoms with Crippen molar-refractivity contribution in [3.05, 3.63) is 82.1 Å². The summed E-state index contributed by atoms with van der Waals surface area (Å²) in [6, 6.07) is 11.5. The molecule has 3 aromatic carbocycles. The zero-order valence-electron chi connectivity index (χ0n) is 15.9. The summed E-state index contributed by atoms with van der Waals surface area (Å²) in [7, 11) is 3.24. The van der Waals surface area contributed by atoms with Crippen LogP contribution in [0.4, 0.5) is 24.5 Å². The van der Waals surface area contributed by atoms with E-state index in [1.54, 1.807) is 48.3 Å². The van der Waals surface area contributed by atoms with Gasteiger partial charge >= 0.3 is 5.97 Å². The number of esters is 1. The first-order valence-electron chi connectivity index (χ1n) is 8.89. The second kappa shape index (κ2) is 7.57. The van der Waals surface area contributed by atoms with Gasteiger partial charge in [-0.1, -0.05) is 35.9 Å². The maximum Gasteiger partial charge on any atom is 0.323 e. The van der Waals surface area contributed by atoms with Crippen LogP contribution >= 0.6 is 11.6 Å². The molecule has 154 valence electrons. The van der Waals surface area contributed by atoms with E-state index in [0.717, 1.165) is 0 Å². The summed E-state index contributed by atoms with van der Waals surface area (Å²) in [6.07, 6.45) is 0. The third-order valence-electron chi connectivity index (χ3n) is 5.03. The quantitative estimate of drug-likeness (QED) is 0.307. The van der Waals surface area contributed by atoms with E-state index in [-0.39, 0.29) is 5.02 Å². The summed E-state index contributed by atoms with van der Waals surface area (Å²) >= 11 is 6.50. The number of para-hydroxylation sites is 1. The lowest BCUT2D eigenvalue weighted by Gasteiger charge is -2.35. The third-order valence-corrected chi connectivity index (χ3v) is 5.39.